The van der Waals surface area contributed by atoms with E-state index in [0.717, 1.165) is 22.1 Å². The van der Waals surface area contributed by atoms with Crippen LogP contribution in [0.4, 0.5) is 13.2 Å². The van der Waals surface area contributed by atoms with Crippen LogP contribution in [0.5, 0.6) is 5.75 Å². The molecule has 0 spiro atoms. The maximum atomic E-state index is 12.3. The number of ether oxygens (including phenoxy) is 1. The lowest BCUT2D eigenvalue weighted by Gasteiger charge is -2.10. The molecule has 0 saturated heterocycles. The molecule has 0 amide bonds. The van der Waals surface area contributed by atoms with Crippen molar-refractivity contribution in [2.75, 3.05) is 6.61 Å². The van der Waals surface area contributed by atoms with E-state index in [1.165, 1.54) is 17.8 Å². The van der Waals surface area contributed by atoms with Crippen LogP contribution in [0.15, 0.2) is 53.7 Å². The summed E-state index contributed by atoms with van der Waals surface area (Å²) >= 11 is 1.44. The molecule has 0 atom stereocenters. The third-order valence-corrected chi connectivity index (χ3v) is 4.92. The highest BCUT2D eigenvalue weighted by molar-refractivity contribution is 7.98. The number of rotatable bonds is 5. The smallest absolute Gasteiger partial charge is 0.422 e. The third-order valence-electron chi connectivity index (χ3n) is 3.92. The fourth-order valence-electron chi connectivity index (χ4n) is 2.76. The Morgan fingerprint density at radius 1 is 1.07 bits per heavy atom. The Hall–Kier alpha value is -2.81. The van der Waals surface area contributed by atoms with Crippen LogP contribution >= 0.6 is 11.8 Å². The number of hydrogen-bond donors (Lipinski definition) is 0. The average Bonchev–Trinajstić information content (AvgIpc) is 3.06. The first kappa shape index (κ1) is 18.5. The molecule has 0 aliphatic carbocycles. The van der Waals surface area contributed by atoms with Crippen molar-refractivity contribution in [1.29, 1.82) is 0 Å². The Morgan fingerprint density at radius 3 is 2.71 bits per heavy atom. The second-order valence-corrected chi connectivity index (χ2v) is 7.09. The van der Waals surface area contributed by atoms with Gasteiger partial charge in [-0.1, -0.05) is 36.0 Å². The minimum Gasteiger partial charge on any atom is -0.484 e. The summed E-state index contributed by atoms with van der Waals surface area (Å²) in [5, 5.41) is 6.00. The molecule has 0 unspecified atom stereocenters. The van der Waals surface area contributed by atoms with E-state index in [-0.39, 0.29) is 5.75 Å². The van der Waals surface area contributed by atoms with E-state index in [2.05, 4.69) is 15.1 Å². The van der Waals surface area contributed by atoms with Crippen molar-refractivity contribution in [3.8, 4) is 5.75 Å². The van der Waals surface area contributed by atoms with E-state index in [1.807, 2.05) is 37.3 Å². The molecule has 0 bridgehead atoms. The summed E-state index contributed by atoms with van der Waals surface area (Å²) in [4.78, 5) is 9.16. The van der Waals surface area contributed by atoms with Gasteiger partial charge in [0, 0.05) is 11.1 Å². The van der Waals surface area contributed by atoms with E-state index in [1.54, 1.807) is 16.6 Å². The predicted octanol–water partition coefficient (Wildman–Crippen LogP) is 4.82. The average molecular weight is 404 g/mol. The van der Waals surface area contributed by atoms with Gasteiger partial charge in [0.1, 0.15) is 11.6 Å². The number of nitrogens with zero attached hydrogens (tertiary/aromatic N) is 4. The number of aromatic nitrogens is 4. The van der Waals surface area contributed by atoms with Crippen LogP contribution in [0.2, 0.25) is 0 Å². The Balaban J connectivity index is 1.59. The number of para-hydroxylation sites is 1. The molecule has 2 heterocycles. The molecule has 0 aliphatic heterocycles. The Kier molecular flexibility index (Phi) is 4.84. The molecular formula is C19H15F3N4OS. The fraction of sp³-hybridized carbons (Fsp3) is 0.211. The topological polar surface area (TPSA) is 52.3 Å². The van der Waals surface area contributed by atoms with E-state index >= 15 is 0 Å². The molecule has 2 aromatic carbocycles. The Labute approximate surface area is 162 Å². The summed E-state index contributed by atoms with van der Waals surface area (Å²) < 4.78 is 43.5. The van der Waals surface area contributed by atoms with Gasteiger partial charge in [0.2, 0.25) is 0 Å². The predicted molar refractivity (Wildman–Crippen MR) is 101 cm³/mol. The van der Waals surface area contributed by atoms with Crippen LogP contribution in [-0.2, 0) is 5.75 Å². The number of aryl methyl sites for hydroxylation is 1. The minimum atomic E-state index is -4.36. The number of fused-ring (bicyclic) bond motifs is 3. The van der Waals surface area contributed by atoms with E-state index in [9.17, 15) is 13.2 Å². The Morgan fingerprint density at radius 2 is 1.89 bits per heavy atom. The van der Waals surface area contributed by atoms with Crippen LogP contribution in [0, 0.1) is 6.92 Å². The number of halogens is 3. The highest BCUT2D eigenvalue weighted by Crippen LogP contribution is 2.27. The molecule has 4 aromatic rings. The van der Waals surface area contributed by atoms with Gasteiger partial charge in [0.15, 0.2) is 17.4 Å². The van der Waals surface area contributed by atoms with Gasteiger partial charge in [-0.05, 0) is 36.8 Å². The maximum Gasteiger partial charge on any atom is 0.422 e. The summed E-state index contributed by atoms with van der Waals surface area (Å²) in [7, 11) is 0. The standard InChI is InChI=1S/C19H15F3N4OS/c1-12-23-17-15-7-2-3-8-16(15)24-18(26(17)25-12)28-10-13-5-4-6-14(9-13)27-11-19(20,21)22/h2-9H,10-11H2,1H3. The lowest BCUT2D eigenvalue weighted by molar-refractivity contribution is -0.153. The van der Waals surface area contributed by atoms with E-state index < -0.39 is 12.8 Å². The summed E-state index contributed by atoms with van der Waals surface area (Å²) in [6.45, 7) is 0.506. The van der Waals surface area contributed by atoms with Gasteiger partial charge in [-0.15, -0.1) is 5.10 Å². The van der Waals surface area contributed by atoms with Gasteiger partial charge >= 0.3 is 6.18 Å². The second kappa shape index (κ2) is 7.31. The SMILES string of the molecule is Cc1nc2c3ccccc3nc(SCc3cccc(OCC(F)(F)F)c3)n2n1. The highest BCUT2D eigenvalue weighted by atomic mass is 32.2. The van der Waals surface area contributed by atoms with Crippen molar-refractivity contribution in [1.82, 2.24) is 19.6 Å². The summed E-state index contributed by atoms with van der Waals surface area (Å²) in [5.41, 5.74) is 2.37. The first-order valence-corrected chi connectivity index (χ1v) is 9.41. The molecule has 5 nitrogen and oxygen atoms in total. The molecule has 0 radical (unpaired) electrons. The number of alkyl halides is 3. The monoisotopic (exact) mass is 404 g/mol. The first-order chi connectivity index (χ1) is 13.4. The van der Waals surface area contributed by atoms with Crippen molar-refractivity contribution >= 4 is 28.3 Å². The van der Waals surface area contributed by atoms with Crippen LogP contribution in [0.1, 0.15) is 11.4 Å². The van der Waals surface area contributed by atoms with Crippen molar-refractivity contribution in [2.24, 2.45) is 0 Å². The lowest BCUT2D eigenvalue weighted by atomic mass is 10.2. The van der Waals surface area contributed by atoms with Crippen LogP contribution in [0.25, 0.3) is 16.6 Å². The number of hydrogen-bond acceptors (Lipinski definition) is 5. The molecule has 0 fully saturated rings. The van der Waals surface area contributed by atoms with Crippen molar-refractivity contribution in [3.05, 3.63) is 59.9 Å². The van der Waals surface area contributed by atoms with Gasteiger partial charge in [-0.3, -0.25) is 0 Å². The zero-order valence-electron chi connectivity index (χ0n) is 14.8. The summed E-state index contributed by atoms with van der Waals surface area (Å²) in [6, 6.07) is 14.3. The molecule has 4 rings (SSSR count). The van der Waals surface area contributed by atoms with Gasteiger partial charge < -0.3 is 4.74 Å². The molecule has 28 heavy (non-hydrogen) atoms. The first-order valence-electron chi connectivity index (χ1n) is 8.42. The van der Waals surface area contributed by atoms with Gasteiger partial charge in [0.25, 0.3) is 0 Å². The zero-order chi connectivity index (χ0) is 19.7. The molecular weight excluding hydrogens is 389 g/mol. The minimum absolute atomic E-state index is 0.184. The van der Waals surface area contributed by atoms with E-state index in [4.69, 9.17) is 4.74 Å². The van der Waals surface area contributed by atoms with E-state index in [0.29, 0.717) is 16.7 Å². The Bertz CT molecular complexity index is 1140. The largest absolute Gasteiger partial charge is 0.484 e. The lowest BCUT2D eigenvalue weighted by Crippen LogP contribution is -2.19. The van der Waals surface area contributed by atoms with Crippen molar-refractivity contribution in [2.45, 2.75) is 24.0 Å². The molecule has 9 heteroatoms. The van der Waals surface area contributed by atoms with Gasteiger partial charge in [0.05, 0.1) is 5.52 Å². The number of thioether (sulfide) groups is 1. The normalized spacial score (nSPS) is 12.0. The molecule has 0 aliphatic rings. The molecule has 144 valence electrons. The second-order valence-electron chi connectivity index (χ2n) is 6.15. The zero-order valence-corrected chi connectivity index (χ0v) is 15.6. The van der Waals surface area contributed by atoms with Crippen molar-refractivity contribution < 1.29 is 17.9 Å². The van der Waals surface area contributed by atoms with Crippen LogP contribution < -0.4 is 4.74 Å². The highest BCUT2D eigenvalue weighted by Gasteiger charge is 2.28. The van der Waals surface area contributed by atoms with Crippen LogP contribution in [0.3, 0.4) is 0 Å². The molecule has 0 saturated carbocycles. The molecule has 2 aromatic heterocycles. The summed E-state index contributed by atoms with van der Waals surface area (Å²) in [6.07, 6.45) is -4.36. The quantitative estimate of drug-likeness (QED) is 0.353. The fourth-order valence-corrected chi connectivity index (χ4v) is 3.65. The van der Waals surface area contributed by atoms with Gasteiger partial charge in [-0.25, -0.2) is 9.97 Å². The maximum absolute atomic E-state index is 12.3. The van der Waals surface area contributed by atoms with Crippen molar-refractivity contribution in [3.63, 3.8) is 0 Å². The summed E-state index contributed by atoms with van der Waals surface area (Å²) in [5.74, 6) is 1.33. The third kappa shape index (κ3) is 4.04. The van der Waals surface area contributed by atoms with Crippen LogP contribution in [-0.4, -0.2) is 32.4 Å². The number of benzene rings is 2. The van der Waals surface area contributed by atoms with Gasteiger partial charge in [-0.2, -0.15) is 17.7 Å². The molecule has 0 N–H and O–H groups in total.